The van der Waals surface area contributed by atoms with Crippen molar-refractivity contribution in [1.82, 2.24) is 0 Å². The topological polar surface area (TPSA) is 52.6 Å². The minimum atomic E-state index is -0.627. The quantitative estimate of drug-likeness (QED) is 0.569. The van der Waals surface area contributed by atoms with Crippen molar-refractivity contribution >= 4 is 27.7 Å². The maximum atomic E-state index is 12.5. The van der Waals surface area contributed by atoms with Crippen molar-refractivity contribution < 1.29 is 19.1 Å². The summed E-state index contributed by atoms with van der Waals surface area (Å²) < 4.78 is 11.7. The van der Waals surface area contributed by atoms with Crippen molar-refractivity contribution in [2.45, 2.75) is 24.9 Å². The molecule has 1 spiro atoms. The van der Waals surface area contributed by atoms with Crippen molar-refractivity contribution in [1.29, 1.82) is 0 Å². The molecule has 1 heterocycles. The van der Waals surface area contributed by atoms with Crippen LogP contribution in [0, 0.1) is 11.8 Å². The standard InChI is InChI=1S/C17H15BrO4/c1-21-16(20)12-8-22-17(7-15(12)19)13-5-10(13)4-9-2-3-11(18)6-14(9)17/h2-3,6,8,10,13H,4-5,7H2,1H3. The molecule has 3 atom stereocenters. The minimum absolute atomic E-state index is 0.00689. The number of hydrogen-bond acceptors (Lipinski definition) is 4. The zero-order valence-corrected chi connectivity index (χ0v) is 13.7. The Morgan fingerprint density at radius 3 is 3.00 bits per heavy atom. The lowest BCUT2D eigenvalue weighted by Gasteiger charge is -2.40. The molecule has 0 bridgehead atoms. The predicted molar refractivity (Wildman–Crippen MR) is 81.9 cm³/mol. The van der Waals surface area contributed by atoms with Gasteiger partial charge in [0.15, 0.2) is 5.78 Å². The summed E-state index contributed by atoms with van der Waals surface area (Å²) in [6, 6.07) is 6.17. The van der Waals surface area contributed by atoms with Gasteiger partial charge in [0, 0.05) is 16.0 Å². The highest BCUT2D eigenvalue weighted by molar-refractivity contribution is 9.10. The first kappa shape index (κ1) is 14.0. The molecule has 1 aromatic carbocycles. The number of methoxy groups -OCH3 is 1. The number of carbonyl (C=O) groups is 2. The molecule has 0 N–H and O–H groups in total. The predicted octanol–water partition coefficient (Wildman–Crippen LogP) is 2.88. The number of fused-ring (bicyclic) bond motifs is 4. The molecule has 3 aliphatic rings. The summed E-state index contributed by atoms with van der Waals surface area (Å²) in [5.41, 5.74) is 1.71. The Morgan fingerprint density at radius 1 is 1.45 bits per heavy atom. The molecule has 4 nitrogen and oxygen atoms in total. The molecule has 4 rings (SSSR count). The number of ether oxygens (including phenoxy) is 2. The molecule has 0 radical (unpaired) electrons. The van der Waals surface area contributed by atoms with Crippen LogP contribution in [0.25, 0.3) is 0 Å². The number of halogens is 1. The van der Waals surface area contributed by atoms with Gasteiger partial charge < -0.3 is 9.47 Å². The van der Waals surface area contributed by atoms with Crippen LogP contribution in [0.1, 0.15) is 24.0 Å². The summed E-state index contributed by atoms with van der Waals surface area (Å²) in [5.74, 6) is 0.109. The summed E-state index contributed by atoms with van der Waals surface area (Å²) >= 11 is 3.51. The highest BCUT2D eigenvalue weighted by Gasteiger charge is 2.60. The molecular formula is C17H15BrO4. The number of ketones is 1. The van der Waals surface area contributed by atoms with Gasteiger partial charge in [-0.05, 0) is 36.5 Å². The average molecular weight is 363 g/mol. The zero-order chi connectivity index (χ0) is 15.5. The molecule has 1 fully saturated rings. The summed E-state index contributed by atoms with van der Waals surface area (Å²) in [4.78, 5) is 24.1. The summed E-state index contributed by atoms with van der Waals surface area (Å²) in [6.07, 6.45) is 3.63. The van der Waals surface area contributed by atoms with E-state index in [9.17, 15) is 9.59 Å². The van der Waals surface area contributed by atoms with E-state index >= 15 is 0 Å². The van der Waals surface area contributed by atoms with Crippen LogP contribution in [0.5, 0.6) is 0 Å². The highest BCUT2D eigenvalue weighted by atomic mass is 79.9. The van der Waals surface area contributed by atoms with Crippen LogP contribution in [-0.2, 0) is 31.1 Å². The van der Waals surface area contributed by atoms with Gasteiger partial charge in [-0.1, -0.05) is 22.0 Å². The smallest absolute Gasteiger partial charge is 0.344 e. The number of benzene rings is 1. The van der Waals surface area contributed by atoms with Crippen molar-refractivity contribution in [2.75, 3.05) is 7.11 Å². The number of rotatable bonds is 1. The van der Waals surface area contributed by atoms with Gasteiger partial charge in [0.25, 0.3) is 0 Å². The Bertz CT molecular complexity index is 723. The van der Waals surface area contributed by atoms with Crippen molar-refractivity contribution in [3.8, 4) is 0 Å². The van der Waals surface area contributed by atoms with E-state index in [0.717, 1.165) is 22.9 Å². The second kappa shape index (κ2) is 4.69. The van der Waals surface area contributed by atoms with Gasteiger partial charge in [-0.15, -0.1) is 0 Å². The normalized spacial score (nSPS) is 31.7. The Labute approximate surface area is 136 Å². The lowest BCUT2D eigenvalue weighted by molar-refractivity contribution is -0.141. The lowest BCUT2D eigenvalue weighted by Crippen LogP contribution is -2.41. The van der Waals surface area contributed by atoms with Crippen LogP contribution in [-0.4, -0.2) is 18.9 Å². The van der Waals surface area contributed by atoms with E-state index in [2.05, 4.69) is 26.7 Å². The maximum Gasteiger partial charge on any atom is 0.344 e. The first-order valence-corrected chi connectivity index (χ1v) is 8.13. The Balaban J connectivity index is 1.80. The first-order valence-electron chi connectivity index (χ1n) is 7.33. The fourth-order valence-corrected chi connectivity index (χ4v) is 4.26. The second-order valence-corrected chi connectivity index (χ2v) is 7.15. The fourth-order valence-electron chi connectivity index (χ4n) is 3.90. The third-order valence-corrected chi connectivity index (χ3v) is 5.54. The number of Topliss-reactive ketones (excluding diaryl/α,β-unsaturated/α-hetero) is 1. The monoisotopic (exact) mass is 362 g/mol. The lowest BCUT2D eigenvalue weighted by atomic mass is 9.74. The minimum Gasteiger partial charge on any atom is -0.488 e. The molecular weight excluding hydrogens is 348 g/mol. The van der Waals surface area contributed by atoms with E-state index in [-0.39, 0.29) is 17.8 Å². The van der Waals surface area contributed by atoms with Crippen LogP contribution in [0.4, 0.5) is 0 Å². The summed E-state index contributed by atoms with van der Waals surface area (Å²) in [6.45, 7) is 0. The summed E-state index contributed by atoms with van der Waals surface area (Å²) in [5, 5.41) is 0. The van der Waals surface area contributed by atoms with E-state index in [1.165, 1.54) is 18.9 Å². The van der Waals surface area contributed by atoms with E-state index in [1.807, 2.05) is 12.1 Å². The van der Waals surface area contributed by atoms with E-state index in [0.29, 0.717) is 11.8 Å². The molecule has 2 aliphatic carbocycles. The first-order chi connectivity index (χ1) is 10.5. The SMILES string of the molecule is COC(=O)C1=COC2(CC1=O)c1cc(Br)ccc1CC1CC12. The van der Waals surface area contributed by atoms with Gasteiger partial charge in [0.2, 0.25) is 0 Å². The van der Waals surface area contributed by atoms with Gasteiger partial charge in [-0.25, -0.2) is 4.79 Å². The number of hydrogen-bond donors (Lipinski definition) is 0. The molecule has 3 unspecified atom stereocenters. The van der Waals surface area contributed by atoms with Gasteiger partial charge >= 0.3 is 5.97 Å². The maximum absolute atomic E-state index is 12.5. The van der Waals surface area contributed by atoms with Crippen LogP contribution in [0.2, 0.25) is 0 Å². The van der Waals surface area contributed by atoms with Gasteiger partial charge in [0.1, 0.15) is 17.4 Å². The third kappa shape index (κ3) is 1.88. The van der Waals surface area contributed by atoms with Crippen LogP contribution >= 0.6 is 15.9 Å². The van der Waals surface area contributed by atoms with Crippen LogP contribution in [0.15, 0.2) is 34.5 Å². The van der Waals surface area contributed by atoms with Crippen molar-refractivity contribution in [3.05, 3.63) is 45.6 Å². The Kier molecular flexibility index (Phi) is 2.98. The Hall–Kier alpha value is -1.62. The molecule has 1 aromatic rings. The molecule has 22 heavy (non-hydrogen) atoms. The highest BCUT2D eigenvalue weighted by Crippen LogP contribution is 2.61. The molecule has 5 heteroatoms. The van der Waals surface area contributed by atoms with Crippen molar-refractivity contribution in [3.63, 3.8) is 0 Å². The van der Waals surface area contributed by atoms with Crippen LogP contribution in [0.3, 0.4) is 0 Å². The van der Waals surface area contributed by atoms with Crippen LogP contribution < -0.4 is 0 Å². The van der Waals surface area contributed by atoms with Gasteiger partial charge in [-0.2, -0.15) is 0 Å². The van der Waals surface area contributed by atoms with E-state index < -0.39 is 11.6 Å². The van der Waals surface area contributed by atoms with Gasteiger partial charge in [0.05, 0.1) is 13.5 Å². The molecule has 0 amide bonds. The molecule has 1 saturated carbocycles. The third-order valence-electron chi connectivity index (χ3n) is 5.05. The molecule has 1 aliphatic heterocycles. The Morgan fingerprint density at radius 2 is 2.27 bits per heavy atom. The number of carbonyl (C=O) groups excluding carboxylic acids is 2. The van der Waals surface area contributed by atoms with E-state index in [1.54, 1.807) is 0 Å². The van der Waals surface area contributed by atoms with Crippen molar-refractivity contribution in [2.24, 2.45) is 11.8 Å². The number of esters is 1. The van der Waals surface area contributed by atoms with E-state index in [4.69, 9.17) is 4.74 Å². The van der Waals surface area contributed by atoms with Gasteiger partial charge in [-0.3, -0.25) is 4.79 Å². The summed E-state index contributed by atoms with van der Waals surface area (Å²) in [7, 11) is 1.27. The average Bonchev–Trinajstić information content (AvgIpc) is 3.28. The molecule has 114 valence electrons. The zero-order valence-electron chi connectivity index (χ0n) is 12.1. The molecule has 0 saturated heterocycles. The largest absolute Gasteiger partial charge is 0.488 e. The molecule has 0 aromatic heterocycles. The fraction of sp³-hybridized carbons (Fsp3) is 0.412. The second-order valence-electron chi connectivity index (χ2n) is 6.24.